The zero-order chi connectivity index (χ0) is 7.40. The minimum atomic E-state index is 0.531. The highest BCUT2D eigenvalue weighted by Crippen LogP contribution is 2.11. The third kappa shape index (κ3) is 1.95. The molecule has 0 spiro atoms. The minimum absolute atomic E-state index is 0.531. The van der Waals surface area contributed by atoms with E-state index in [1.807, 2.05) is 24.3 Å². The van der Waals surface area contributed by atoms with Crippen molar-refractivity contribution in [3.8, 4) is 0 Å². The van der Waals surface area contributed by atoms with Gasteiger partial charge in [-0.1, -0.05) is 28.1 Å². The van der Waals surface area contributed by atoms with Crippen molar-refractivity contribution < 1.29 is 4.39 Å². The summed E-state index contributed by atoms with van der Waals surface area (Å²) in [5.41, 5.74) is 0.866. The molecule has 10 heavy (non-hydrogen) atoms. The van der Waals surface area contributed by atoms with Gasteiger partial charge in [-0.05, 0) is 23.8 Å². The Morgan fingerprint density at radius 3 is 2.30 bits per heavy atom. The fourth-order valence-electron chi connectivity index (χ4n) is 0.647. The fraction of sp³-hybridized carbons (Fsp3) is 0. The second-order valence-electron chi connectivity index (χ2n) is 1.84. The van der Waals surface area contributed by atoms with Crippen molar-refractivity contribution in [3.05, 3.63) is 40.6 Å². The molecule has 0 heterocycles. The van der Waals surface area contributed by atoms with Crippen LogP contribution in [-0.4, -0.2) is 0 Å². The van der Waals surface area contributed by atoms with Crippen molar-refractivity contribution >= 4 is 22.0 Å². The van der Waals surface area contributed by atoms with E-state index in [2.05, 4.69) is 15.9 Å². The van der Waals surface area contributed by atoms with E-state index in [1.165, 1.54) is 6.08 Å². The van der Waals surface area contributed by atoms with Crippen molar-refractivity contribution in [2.45, 2.75) is 0 Å². The SMILES string of the molecule is FC=Cc1ccc(Br)cc1. The molecular weight excluding hydrogens is 195 g/mol. The van der Waals surface area contributed by atoms with Crippen LogP contribution in [0.2, 0.25) is 0 Å². The molecule has 52 valence electrons. The van der Waals surface area contributed by atoms with E-state index in [9.17, 15) is 4.39 Å². The maximum absolute atomic E-state index is 11.6. The second-order valence-corrected chi connectivity index (χ2v) is 2.76. The van der Waals surface area contributed by atoms with Gasteiger partial charge in [-0.3, -0.25) is 0 Å². The normalized spacial score (nSPS) is 10.6. The minimum Gasteiger partial charge on any atom is -0.216 e. The molecule has 0 aliphatic heterocycles. The van der Waals surface area contributed by atoms with Crippen LogP contribution in [0.3, 0.4) is 0 Å². The Labute approximate surface area is 67.5 Å². The molecule has 0 aliphatic carbocycles. The molecule has 0 aromatic heterocycles. The number of benzene rings is 1. The third-order valence-corrected chi connectivity index (χ3v) is 1.65. The van der Waals surface area contributed by atoms with Gasteiger partial charge in [-0.2, -0.15) is 0 Å². The van der Waals surface area contributed by atoms with E-state index in [-0.39, 0.29) is 0 Å². The van der Waals surface area contributed by atoms with Gasteiger partial charge in [0.25, 0.3) is 0 Å². The van der Waals surface area contributed by atoms with Gasteiger partial charge in [0.2, 0.25) is 0 Å². The van der Waals surface area contributed by atoms with Gasteiger partial charge in [0.1, 0.15) is 0 Å². The smallest absolute Gasteiger partial charge is 0.0872 e. The second kappa shape index (κ2) is 3.52. The molecular formula is C8H6BrF. The van der Waals surface area contributed by atoms with Gasteiger partial charge in [0, 0.05) is 4.47 Å². The van der Waals surface area contributed by atoms with Gasteiger partial charge in [-0.25, -0.2) is 4.39 Å². The van der Waals surface area contributed by atoms with E-state index in [0.29, 0.717) is 6.33 Å². The summed E-state index contributed by atoms with van der Waals surface area (Å²) in [5.74, 6) is 0. The van der Waals surface area contributed by atoms with Crippen LogP contribution in [-0.2, 0) is 0 Å². The molecule has 0 unspecified atom stereocenters. The Morgan fingerprint density at radius 2 is 1.80 bits per heavy atom. The Bertz CT molecular complexity index is 226. The lowest BCUT2D eigenvalue weighted by atomic mass is 10.2. The van der Waals surface area contributed by atoms with E-state index >= 15 is 0 Å². The summed E-state index contributed by atoms with van der Waals surface area (Å²) in [6.07, 6.45) is 1.94. The average molecular weight is 201 g/mol. The molecule has 0 atom stereocenters. The van der Waals surface area contributed by atoms with Gasteiger partial charge >= 0.3 is 0 Å². The summed E-state index contributed by atoms with van der Waals surface area (Å²) in [4.78, 5) is 0. The topological polar surface area (TPSA) is 0 Å². The Morgan fingerprint density at radius 1 is 1.20 bits per heavy atom. The van der Waals surface area contributed by atoms with Crippen molar-refractivity contribution in [3.63, 3.8) is 0 Å². The highest BCUT2D eigenvalue weighted by Gasteiger charge is 1.85. The zero-order valence-corrected chi connectivity index (χ0v) is 6.81. The first-order chi connectivity index (χ1) is 4.83. The molecule has 0 radical (unpaired) electrons. The molecule has 2 heteroatoms. The molecule has 0 fully saturated rings. The fourth-order valence-corrected chi connectivity index (χ4v) is 0.911. The summed E-state index contributed by atoms with van der Waals surface area (Å²) >= 11 is 3.28. The molecule has 0 nitrogen and oxygen atoms in total. The molecule has 1 aromatic rings. The predicted molar refractivity (Wildman–Crippen MR) is 44.3 cm³/mol. The lowest BCUT2D eigenvalue weighted by Gasteiger charge is -1.90. The Hall–Kier alpha value is -0.630. The number of hydrogen-bond acceptors (Lipinski definition) is 0. The summed E-state index contributed by atoms with van der Waals surface area (Å²) in [7, 11) is 0. The van der Waals surface area contributed by atoms with Crippen LogP contribution in [0.4, 0.5) is 4.39 Å². The van der Waals surface area contributed by atoms with Gasteiger partial charge < -0.3 is 0 Å². The first kappa shape index (κ1) is 7.48. The molecule has 1 rings (SSSR count). The third-order valence-electron chi connectivity index (χ3n) is 1.13. The highest BCUT2D eigenvalue weighted by molar-refractivity contribution is 9.10. The van der Waals surface area contributed by atoms with Crippen LogP contribution in [0.5, 0.6) is 0 Å². The predicted octanol–water partition coefficient (Wildman–Crippen LogP) is 3.39. The van der Waals surface area contributed by atoms with Crippen LogP contribution < -0.4 is 0 Å². The monoisotopic (exact) mass is 200 g/mol. The quantitative estimate of drug-likeness (QED) is 0.653. The molecule has 0 saturated heterocycles. The van der Waals surface area contributed by atoms with Crippen molar-refractivity contribution in [2.75, 3.05) is 0 Å². The lowest BCUT2D eigenvalue weighted by Crippen LogP contribution is -1.68. The largest absolute Gasteiger partial charge is 0.216 e. The molecule has 0 N–H and O–H groups in total. The summed E-state index contributed by atoms with van der Waals surface area (Å²) in [6.45, 7) is 0. The van der Waals surface area contributed by atoms with Crippen LogP contribution >= 0.6 is 15.9 Å². The van der Waals surface area contributed by atoms with Crippen molar-refractivity contribution in [1.82, 2.24) is 0 Å². The first-order valence-electron chi connectivity index (χ1n) is 2.85. The van der Waals surface area contributed by atoms with E-state index in [0.717, 1.165) is 10.0 Å². The van der Waals surface area contributed by atoms with Crippen LogP contribution in [0.15, 0.2) is 35.1 Å². The lowest BCUT2D eigenvalue weighted by molar-refractivity contribution is 0.727. The number of halogens is 2. The molecule has 0 bridgehead atoms. The molecule has 0 amide bonds. The summed E-state index contributed by atoms with van der Waals surface area (Å²) in [5, 5.41) is 0. The standard InChI is InChI=1S/C8H6BrF/c9-8-3-1-7(2-4-8)5-6-10/h1-6H. The Kier molecular flexibility index (Phi) is 2.63. The van der Waals surface area contributed by atoms with Gasteiger partial charge in [0.15, 0.2) is 0 Å². The van der Waals surface area contributed by atoms with E-state index < -0.39 is 0 Å². The number of rotatable bonds is 1. The maximum Gasteiger partial charge on any atom is 0.0872 e. The van der Waals surface area contributed by atoms with Crippen LogP contribution in [0, 0.1) is 0 Å². The van der Waals surface area contributed by atoms with Crippen molar-refractivity contribution in [2.24, 2.45) is 0 Å². The Balaban J connectivity index is 2.89. The zero-order valence-electron chi connectivity index (χ0n) is 5.22. The number of hydrogen-bond donors (Lipinski definition) is 0. The summed E-state index contributed by atoms with van der Waals surface area (Å²) < 4.78 is 12.6. The van der Waals surface area contributed by atoms with E-state index in [4.69, 9.17) is 0 Å². The van der Waals surface area contributed by atoms with E-state index in [1.54, 1.807) is 0 Å². The average Bonchev–Trinajstić information content (AvgIpc) is 1.95. The van der Waals surface area contributed by atoms with Gasteiger partial charge in [0.05, 0.1) is 6.33 Å². The highest BCUT2D eigenvalue weighted by atomic mass is 79.9. The summed E-state index contributed by atoms with van der Waals surface area (Å²) in [6, 6.07) is 7.41. The first-order valence-corrected chi connectivity index (χ1v) is 3.64. The maximum atomic E-state index is 11.6. The van der Waals surface area contributed by atoms with Crippen LogP contribution in [0.1, 0.15) is 5.56 Å². The molecule has 1 aromatic carbocycles. The molecule has 0 aliphatic rings. The van der Waals surface area contributed by atoms with Crippen LogP contribution in [0.25, 0.3) is 6.08 Å². The molecule has 0 saturated carbocycles. The van der Waals surface area contributed by atoms with Gasteiger partial charge in [-0.15, -0.1) is 0 Å². The van der Waals surface area contributed by atoms with Crippen molar-refractivity contribution in [1.29, 1.82) is 0 Å².